The second-order valence-corrected chi connectivity index (χ2v) is 4.57. The smallest absolute Gasteiger partial charge is 0.00389 e. The van der Waals surface area contributed by atoms with Crippen LogP contribution in [0.3, 0.4) is 0 Å². The monoisotopic (exact) mass is 142 g/mol. The molecule has 2 saturated heterocycles. The van der Waals surface area contributed by atoms with Gasteiger partial charge < -0.3 is 0 Å². The van der Waals surface area contributed by atoms with Crippen LogP contribution in [0.2, 0.25) is 0 Å². The van der Waals surface area contributed by atoms with Gasteiger partial charge in [-0.05, 0) is 49.0 Å². The lowest BCUT2D eigenvalue weighted by atomic mass is 9.74. The quantitative estimate of drug-likeness (QED) is 0.501. The van der Waals surface area contributed by atoms with Crippen LogP contribution in [-0.4, -0.2) is 11.5 Å². The van der Waals surface area contributed by atoms with E-state index in [-0.39, 0.29) is 0 Å². The molecule has 0 spiro atoms. The maximum Gasteiger partial charge on any atom is -0.00389 e. The van der Waals surface area contributed by atoms with Crippen molar-refractivity contribution in [2.24, 2.45) is 11.8 Å². The van der Waals surface area contributed by atoms with Gasteiger partial charge in [0.1, 0.15) is 0 Å². The van der Waals surface area contributed by atoms with Gasteiger partial charge in [-0.3, -0.25) is 0 Å². The number of fused-ring (bicyclic) bond motifs is 4. The van der Waals surface area contributed by atoms with Gasteiger partial charge in [-0.2, -0.15) is 11.8 Å². The molecule has 1 heteroatoms. The highest BCUT2D eigenvalue weighted by molar-refractivity contribution is 7.99. The van der Waals surface area contributed by atoms with E-state index in [9.17, 15) is 0 Å². The summed E-state index contributed by atoms with van der Waals surface area (Å²) >= 11 is 2.18. The van der Waals surface area contributed by atoms with Crippen LogP contribution in [0.5, 0.6) is 0 Å². The minimum atomic E-state index is 1.13. The summed E-state index contributed by atoms with van der Waals surface area (Å²) in [6.07, 6.45) is 6.14. The molecule has 0 nitrogen and oxygen atoms in total. The van der Waals surface area contributed by atoms with E-state index >= 15 is 0 Å². The molecule has 0 unspecified atom stereocenters. The normalized spacial score (nSPS) is 42.7. The number of rotatable bonds is 0. The van der Waals surface area contributed by atoms with Gasteiger partial charge in [-0.25, -0.2) is 0 Å². The Hall–Kier alpha value is 0.350. The number of thioether (sulfide) groups is 1. The molecule has 2 bridgehead atoms. The van der Waals surface area contributed by atoms with Gasteiger partial charge in [-0.1, -0.05) is 0 Å². The van der Waals surface area contributed by atoms with E-state index in [0.717, 1.165) is 11.8 Å². The highest BCUT2D eigenvalue weighted by Gasteiger charge is 2.29. The van der Waals surface area contributed by atoms with E-state index in [0.29, 0.717) is 0 Å². The minimum Gasteiger partial charge on any atom is -0.162 e. The highest BCUT2D eigenvalue weighted by Crippen LogP contribution is 2.40. The number of hydrogen-bond donors (Lipinski definition) is 0. The summed E-state index contributed by atoms with van der Waals surface area (Å²) in [4.78, 5) is 0. The average Bonchev–Trinajstić information content (AvgIpc) is 1.54. The van der Waals surface area contributed by atoms with Crippen LogP contribution in [-0.2, 0) is 0 Å². The zero-order valence-corrected chi connectivity index (χ0v) is 6.62. The van der Waals surface area contributed by atoms with E-state index in [2.05, 4.69) is 11.8 Å². The summed E-state index contributed by atoms with van der Waals surface area (Å²) in [5.41, 5.74) is 0. The fraction of sp³-hybridized carbons (Fsp3) is 1.00. The van der Waals surface area contributed by atoms with E-state index in [1.165, 1.54) is 24.3 Å². The lowest BCUT2D eigenvalue weighted by Crippen LogP contribution is -2.27. The first-order valence-corrected chi connectivity index (χ1v) is 5.18. The van der Waals surface area contributed by atoms with Crippen molar-refractivity contribution < 1.29 is 0 Å². The summed E-state index contributed by atoms with van der Waals surface area (Å²) in [6.45, 7) is 0. The standard InChI is InChI=1S/C8H14S/c1-2-7-4-8(5-7)6-9-3-1/h7-8H,1-6H2. The Bertz CT molecular complexity index is 79.2. The summed E-state index contributed by atoms with van der Waals surface area (Å²) in [6, 6.07) is 0. The Labute approximate surface area is 61.4 Å². The largest absolute Gasteiger partial charge is 0.162 e. The second kappa shape index (κ2) is 2.53. The molecule has 0 aromatic rings. The number of hydrogen-bond acceptors (Lipinski definition) is 1. The fourth-order valence-electron chi connectivity index (χ4n) is 1.97. The van der Waals surface area contributed by atoms with Crippen molar-refractivity contribution in [2.75, 3.05) is 11.5 Å². The molecule has 3 fully saturated rings. The predicted molar refractivity (Wildman–Crippen MR) is 42.8 cm³/mol. The van der Waals surface area contributed by atoms with Crippen LogP contribution in [0.15, 0.2) is 0 Å². The van der Waals surface area contributed by atoms with Crippen molar-refractivity contribution >= 4 is 11.8 Å². The molecule has 0 amide bonds. The van der Waals surface area contributed by atoms with Gasteiger partial charge in [0.15, 0.2) is 0 Å². The first kappa shape index (κ1) is 6.09. The molecule has 2 heterocycles. The topological polar surface area (TPSA) is 0 Å². The SMILES string of the molecule is C1CSCC2CC(C1)C2. The highest BCUT2D eigenvalue weighted by atomic mass is 32.2. The van der Waals surface area contributed by atoms with Gasteiger partial charge in [0.25, 0.3) is 0 Å². The fourth-order valence-corrected chi connectivity index (χ4v) is 3.11. The van der Waals surface area contributed by atoms with Gasteiger partial charge in [0.2, 0.25) is 0 Å². The molecule has 0 aromatic heterocycles. The lowest BCUT2D eigenvalue weighted by molar-refractivity contribution is 0.200. The first-order valence-electron chi connectivity index (χ1n) is 4.03. The maximum absolute atomic E-state index is 2.18. The van der Waals surface area contributed by atoms with Gasteiger partial charge in [0, 0.05) is 0 Å². The Morgan fingerprint density at radius 2 is 2.00 bits per heavy atom. The van der Waals surface area contributed by atoms with Gasteiger partial charge in [-0.15, -0.1) is 0 Å². The van der Waals surface area contributed by atoms with Crippen molar-refractivity contribution in [2.45, 2.75) is 25.7 Å². The average molecular weight is 142 g/mol. The third-order valence-corrected chi connectivity index (χ3v) is 3.87. The van der Waals surface area contributed by atoms with Gasteiger partial charge >= 0.3 is 0 Å². The molecular weight excluding hydrogens is 128 g/mol. The molecule has 3 rings (SSSR count). The predicted octanol–water partition coefficient (Wildman–Crippen LogP) is 2.54. The third-order valence-electron chi connectivity index (χ3n) is 2.59. The van der Waals surface area contributed by atoms with Crippen LogP contribution in [0.1, 0.15) is 25.7 Å². The zero-order chi connectivity index (χ0) is 6.10. The molecule has 2 aliphatic heterocycles. The van der Waals surface area contributed by atoms with E-state index in [1.54, 1.807) is 12.8 Å². The minimum absolute atomic E-state index is 1.13. The van der Waals surface area contributed by atoms with Gasteiger partial charge in [0.05, 0.1) is 0 Å². The van der Waals surface area contributed by atoms with E-state index < -0.39 is 0 Å². The third kappa shape index (κ3) is 1.26. The van der Waals surface area contributed by atoms with Crippen molar-refractivity contribution in [3.8, 4) is 0 Å². The van der Waals surface area contributed by atoms with Crippen LogP contribution >= 0.6 is 11.8 Å². The zero-order valence-electron chi connectivity index (χ0n) is 5.81. The van der Waals surface area contributed by atoms with Crippen LogP contribution < -0.4 is 0 Å². The summed E-state index contributed by atoms with van der Waals surface area (Å²) < 4.78 is 0. The molecule has 52 valence electrons. The summed E-state index contributed by atoms with van der Waals surface area (Å²) in [5.74, 6) is 5.18. The Morgan fingerprint density at radius 3 is 2.89 bits per heavy atom. The lowest BCUT2D eigenvalue weighted by Gasteiger charge is -2.37. The van der Waals surface area contributed by atoms with Crippen molar-refractivity contribution in [3.63, 3.8) is 0 Å². The molecule has 0 radical (unpaired) electrons. The Balaban J connectivity index is 1.85. The Morgan fingerprint density at radius 1 is 1.11 bits per heavy atom. The van der Waals surface area contributed by atoms with Crippen LogP contribution in [0.25, 0.3) is 0 Å². The molecule has 9 heavy (non-hydrogen) atoms. The summed E-state index contributed by atoms with van der Waals surface area (Å²) in [5, 5.41) is 0. The molecule has 0 aromatic carbocycles. The molecule has 0 N–H and O–H groups in total. The maximum atomic E-state index is 2.18. The first-order chi connectivity index (χ1) is 4.45. The van der Waals surface area contributed by atoms with E-state index in [4.69, 9.17) is 0 Å². The molecule has 3 aliphatic rings. The van der Waals surface area contributed by atoms with E-state index in [1.807, 2.05) is 0 Å². The van der Waals surface area contributed by atoms with Crippen molar-refractivity contribution in [1.82, 2.24) is 0 Å². The Kier molecular flexibility index (Phi) is 1.71. The van der Waals surface area contributed by atoms with Crippen LogP contribution in [0, 0.1) is 11.8 Å². The second-order valence-electron chi connectivity index (χ2n) is 3.42. The molecule has 1 saturated carbocycles. The van der Waals surface area contributed by atoms with Crippen molar-refractivity contribution in [1.29, 1.82) is 0 Å². The molecule has 0 atom stereocenters. The summed E-state index contributed by atoms with van der Waals surface area (Å²) in [7, 11) is 0. The molecular formula is C8H14S. The van der Waals surface area contributed by atoms with Crippen LogP contribution in [0.4, 0.5) is 0 Å². The van der Waals surface area contributed by atoms with Crippen molar-refractivity contribution in [3.05, 3.63) is 0 Å². The molecule has 1 aliphatic carbocycles.